The van der Waals surface area contributed by atoms with Gasteiger partial charge in [-0.2, -0.15) is 0 Å². The summed E-state index contributed by atoms with van der Waals surface area (Å²) in [4.78, 5) is 16.4. The summed E-state index contributed by atoms with van der Waals surface area (Å²) in [5, 5.41) is 5.33. The molecule has 2 aromatic heterocycles. The van der Waals surface area contributed by atoms with Gasteiger partial charge in [-0.05, 0) is 12.1 Å². The van der Waals surface area contributed by atoms with Crippen molar-refractivity contribution < 1.29 is 9.21 Å². The standard InChI is InChI=1S/C14H18N2O2S/c1-5-9-6-7-10(18-9)12(17)16-13-15-11(8-19-13)14(2,3)4/h6-8H,5H2,1-4H3,(H,15,16,17). The highest BCUT2D eigenvalue weighted by Crippen LogP contribution is 2.26. The Morgan fingerprint density at radius 1 is 1.42 bits per heavy atom. The highest BCUT2D eigenvalue weighted by Gasteiger charge is 2.19. The molecule has 0 atom stereocenters. The number of hydrogen-bond acceptors (Lipinski definition) is 4. The van der Waals surface area contributed by atoms with E-state index in [4.69, 9.17) is 4.42 Å². The maximum Gasteiger partial charge on any atom is 0.293 e. The number of rotatable bonds is 3. The van der Waals surface area contributed by atoms with E-state index in [9.17, 15) is 4.79 Å². The third kappa shape index (κ3) is 3.23. The SMILES string of the molecule is CCc1ccc(C(=O)Nc2nc(C(C)(C)C)cs2)o1. The Hall–Kier alpha value is -1.62. The molecular weight excluding hydrogens is 260 g/mol. The van der Waals surface area contributed by atoms with Gasteiger partial charge in [0.05, 0.1) is 5.69 Å². The maximum atomic E-state index is 12.0. The van der Waals surface area contributed by atoms with Gasteiger partial charge in [-0.25, -0.2) is 4.98 Å². The van der Waals surface area contributed by atoms with Crippen molar-refractivity contribution >= 4 is 22.4 Å². The molecule has 0 bridgehead atoms. The van der Waals surface area contributed by atoms with Crippen LogP contribution in [0, 0.1) is 0 Å². The smallest absolute Gasteiger partial charge is 0.293 e. The van der Waals surface area contributed by atoms with Crippen LogP contribution < -0.4 is 5.32 Å². The topological polar surface area (TPSA) is 55.1 Å². The van der Waals surface area contributed by atoms with Crippen molar-refractivity contribution in [2.75, 3.05) is 5.32 Å². The van der Waals surface area contributed by atoms with Gasteiger partial charge in [-0.3, -0.25) is 10.1 Å². The third-order valence-corrected chi connectivity index (χ3v) is 3.48. The van der Waals surface area contributed by atoms with Crippen LogP contribution in [0.1, 0.15) is 49.7 Å². The second kappa shape index (κ2) is 5.17. The number of carbonyl (C=O) groups is 1. The first-order valence-electron chi connectivity index (χ1n) is 6.26. The van der Waals surface area contributed by atoms with E-state index in [1.807, 2.05) is 18.4 Å². The number of thiazole rings is 1. The molecule has 5 heteroatoms. The number of amides is 1. The number of nitrogens with zero attached hydrogens (tertiary/aromatic N) is 1. The number of carbonyl (C=O) groups excluding carboxylic acids is 1. The molecule has 1 N–H and O–H groups in total. The second-order valence-electron chi connectivity index (χ2n) is 5.36. The molecule has 0 aromatic carbocycles. The molecule has 0 spiro atoms. The molecule has 0 radical (unpaired) electrons. The molecule has 0 aliphatic carbocycles. The van der Waals surface area contributed by atoms with Crippen LogP contribution in [0.2, 0.25) is 0 Å². The average molecular weight is 278 g/mol. The van der Waals surface area contributed by atoms with Gasteiger partial charge in [-0.15, -0.1) is 11.3 Å². The first kappa shape index (κ1) is 13.8. The van der Waals surface area contributed by atoms with Crippen LogP contribution in [0.5, 0.6) is 0 Å². The lowest BCUT2D eigenvalue weighted by Crippen LogP contribution is -2.13. The van der Waals surface area contributed by atoms with Crippen LogP contribution in [-0.4, -0.2) is 10.9 Å². The molecule has 19 heavy (non-hydrogen) atoms. The Morgan fingerprint density at radius 2 is 2.16 bits per heavy atom. The molecule has 0 saturated carbocycles. The normalized spacial score (nSPS) is 11.6. The number of nitrogens with one attached hydrogen (secondary N) is 1. The van der Waals surface area contributed by atoms with E-state index < -0.39 is 0 Å². The Labute approximate surface area is 116 Å². The van der Waals surface area contributed by atoms with Crippen LogP contribution >= 0.6 is 11.3 Å². The van der Waals surface area contributed by atoms with Crippen LogP contribution in [0.25, 0.3) is 0 Å². The first-order chi connectivity index (χ1) is 8.90. The minimum atomic E-state index is -0.255. The first-order valence-corrected chi connectivity index (χ1v) is 7.14. The molecule has 0 aliphatic rings. The van der Waals surface area contributed by atoms with Crippen molar-refractivity contribution in [2.45, 2.75) is 39.5 Å². The lowest BCUT2D eigenvalue weighted by atomic mass is 9.93. The number of aromatic nitrogens is 1. The Balaban J connectivity index is 2.09. The summed E-state index contributed by atoms with van der Waals surface area (Å²) in [5.74, 6) is 0.874. The summed E-state index contributed by atoms with van der Waals surface area (Å²) >= 11 is 1.43. The molecule has 2 aromatic rings. The Kier molecular flexibility index (Phi) is 3.75. The Morgan fingerprint density at radius 3 is 2.68 bits per heavy atom. The van der Waals surface area contributed by atoms with Gasteiger partial charge in [0.15, 0.2) is 10.9 Å². The minimum Gasteiger partial charge on any atom is -0.456 e. The molecule has 102 valence electrons. The molecule has 0 saturated heterocycles. The molecule has 0 unspecified atom stereocenters. The van der Waals surface area contributed by atoms with E-state index in [2.05, 4.69) is 31.1 Å². The lowest BCUT2D eigenvalue weighted by molar-refractivity contribution is 0.0995. The fourth-order valence-electron chi connectivity index (χ4n) is 1.52. The summed E-state index contributed by atoms with van der Waals surface area (Å²) in [6.07, 6.45) is 0.776. The number of anilines is 1. The second-order valence-corrected chi connectivity index (χ2v) is 6.22. The lowest BCUT2D eigenvalue weighted by Gasteiger charge is -2.14. The average Bonchev–Trinajstić information content (AvgIpc) is 2.95. The van der Waals surface area contributed by atoms with Gasteiger partial charge in [0.1, 0.15) is 5.76 Å². The molecule has 0 aliphatic heterocycles. The monoisotopic (exact) mass is 278 g/mol. The minimum absolute atomic E-state index is 0.0143. The van der Waals surface area contributed by atoms with Gasteiger partial charge in [0.25, 0.3) is 5.91 Å². The zero-order chi connectivity index (χ0) is 14.0. The van der Waals surface area contributed by atoms with Gasteiger partial charge in [-0.1, -0.05) is 27.7 Å². The van der Waals surface area contributed by atoms with Crippen LogP contribution in [0.4, 0.5) is 5.13 Å². The Bertz CT molecular complexity index is 578. The third-order valence-electron chi connectivity index (χ3n) is 2.73. The summed E-state index contributed by atoms with van der Waals surface area (Å²) in [7, 11) is 0. The van der Waals surface area contributed by atoms with Crippen molar-refractivity contribution in [3.63, 3.8) is 0 Å². The van der Waals surface area contributed by atoms with E-state index in [0.29, 0.717) is 10.9 Å². The van der Waals surface area contributed by atoms with E-state index in [1.54, 1.807) is 6.07 Å². The van der Waals surface area contributed by atoms with Crippen molar-refractivity contribution in [3.8, 4) is 0 Å². The van der Waals surface area contributed by atoms with Crippen molar-refractivity contribution in [3.05, 3.63) is 34.7 Å². The van der Waals surface area contributed by atoms with E-state index in [1.165, 1.54) is 11.3 Å². The zero-order valence-electron chi connectivity index (χ0n) is 11.6. The van der Waals surface area contributed by atoms with Crippen LogP contribution in [0.15, 0.2) is 21.9 Å². The summed E-state index contributed by atoms with van der Waals surface area (Å²) < 4.78 is 5.41. The predicted octanol–water partition coefficient (Wildman–Crippen LogP) is 3.85. The summed E-state index contributed by atoms with van der Waals surface area (Å²) in [6, 6.07) is 3.50. The van der Waals surface area contributed by atoms with Gasteiger partial charge >= 0.3 is 0 Å². The van der Waals surface area contributed by atoms with E-state index >= 15 is 0 Å². The quantitative estimate of drug-likeness (QED) is 0.927. The van der Waals surface area contributed by atoms with Crippen LogP contribution in [0.3, 0.4) is 0 Å². The summed E-state index contributed by atoms with van der Waals surface area (Å²) in [5.41, 5.74) is 0.959. The molecule has 4 nitrogen and oxygen atoms in total. The van der Waals surface area contributed by atoms with Gasteiger partial charge in [0, 0.05) is 17.2 Å². The molecule has 2 rings (SSSR count). The molecule has 0 fully saturated rings. The van der Waals surface area contributed by atoms with Crippen molar-refractivity contribution in [1.29, 1.82) is 0 Å². The number of furan rings is 1. The summed E-state index contributed by atoms with van der Waals surface area (Å²) in [6.45, 7) is 8.26. The maximum absolute atomic E-state index is 12.0. The number of aryl methyl sites for hydroxylation is 1. The highest BCUT2D eigenvalue weighted by atomic mass is 32.1. The number of hydrogen-bond donors (Lipinski definition) is 1. The molecular formula is C14H18N2O2S. The zero-order valence-corrected chi connectivity index (χ0v) is 12.4. The van der Waals surface area contributed by atoms with Crippen LogP contribution in [-0.2, 0) is 11.8 Å². The molecule has 1 amide bonds. The van der Waals surface area contributed by atoms with Gasteiger partial charge < -0.3 is 4.42 Å². The molecule has 2 heterocycles. The predicted molar refractivity (Wildman–Crippen MR) is 76.9 cm³/mol. The fourth-order valence-corrected chi connectivity index (χ4v) is 2.46. The van der Waals surface area contributed by atoms with Crippen molar-refractivity contribution in [2.24, 2.45) is 0 Å². The highest BCUT2D eigenvalue weighted by molar-refractivity contribution is 7.14. The van der Waals surface area contributed by atoms with Gasteiger partial charge in [0.2, 0.25) is 0 Å². The van der Waals surface area contributed by atoms with E-state index in [0.717, 1.165) is 17.9 Å². The fraction of sp³-hybridized carbons (Fsp3) is 0.429. The van der Waals surface area contributed by atoms with E-state index in [-0.39, 0.29) is 11.3 Å². The van der Waals surface area contributed by atoms with Crippen molar-refractivity contribution in [1.82, 2.24) is 4.98 Å². The largest absolute Gasteiger partial charge is 0.456 e.